The highest BCUT2D eigenvalue weighted by atomic mass is 16.3. The lowest BCUT2D eigenvalue weighted by Crippen LogP contribution is -1.96. The number of para-hydroxylation sites is 1. The topological polar surface area (TPSA) is 52.1 Å². The molecule has 4 heteroatoms. The minimum Gasteiger partial charge on any atom is -0.456 e. The van der Waals surface area contributed by atoms with Crippen LogP contribution in [0.4, 0.5) is 0 Å². The standard InChI is InChI=1S/C44H26N2O2/c1-3-11-27(12-4-1)32-22-23-35(42-41-31-16-8-7-13-28(31)20-24-39(41)48-43(32)42)37-26-36(45-44(46-37)29-14-5-2-6-15-29)30-19-21-34-33-17-9-10-18-38(33)47-40(34)25-30/h1-26H. The first kappa shape index (κ1) is 26.7. The number of rotatable bonds is 4. The van der Waals surface area contributed by atoms with Crippen molar-refractivity contribution in [1.82, 2.24) is 9.97 Å². The van der Waals surface area contributed by atoms with Crippen molar-refractivity contribution >= 4 is 54.6 Å². The maximum Gasteiger partial charge on any atom is 0.160 e. The van der Waals surface area contributed by atoms with Gasteiger partial charge in [-0.15, -0.1) is 0 Å². The second kappa shape index (κ2) is 10.5. The summed E-state index contributed by atoms with van der Waals surface area (Å²) in [6, 6.07) is 54.2. The van der Waals surface area contributed by atoms with Crippen LogP contribution in [-0.2, 0) is 0 Å². The first-order valence-corrected chi connectivity index (χ1v) is 16.1. The van der Waals surface area contributed by atoms with Crippen molar-refractivity contribution in [3.05, 3.63) is 158 Å². The van der Waals surface area contributed by atoms with E-state index in [0.717, 1.165) is 93.9 Å². The zero-order valence-electron chi connectivity index (χ0n) is 25.7. The van der Waals surface area contributed by atoms with Gasteiger partial charge in [0.2, 0.25) is 0 Å². The highest BCUT2D eigenvalue weighted by molar-refractivity contribution is 6.24. The average molecular weight is 615 g/mol. The number of hydrogen-bond donors (Lipinski definition) is 0. The summed E-state index contributed by atoms with van der Waals surface area (Å²) in [6.45, 7) is 0. The van der Waals surface area contributed by atoms with E-state index in [1.54, 1.807) is 0 Å². The molecule has 7 aromatic carbocycles. The molecule has 0 N–H and O–H groups in total. The van der Waals surface area contributed by atoms with Crippen LogP contribution in [0.3, 0.4) is 0 Å². The molecule has 0 spiro atoms. The number of benzene rings is 7. The summed E-state index contributed by atoms with van der Waals surface area (Å²) >= 11 is 0. The Balaban J connectivity index is 1.28. The van der Waals surface area contributed by atoms with Crippen molar-refractivity contribution in [3.63, 3.8) is 0 Å². The summed E-state index contributed by atoms with van der Waals surface area (Å²) in [5, 5.41) is 6.62. The van der Waals surface area contributed by atoms with Crippen molar-refractivity contribution in [2.24, 2.45) is 0 Å². The van der Waals surface area contributed by atoms with Gasteiger partial charge in [0.15, 0.2) is 5.82 Å². The molecular weight excluding hydrogens is 588 g/mol. The van der Waals surface area contributed by atoms with Crippen LogP contribution < -0.4 is 0 Å². The van der Waals surface area contributed by atoms with E-state index in [1.165, 1.54) is 0 Å². The zero-order valence-corrected chi connectivity index (χ0v) is 25.7. The van der Waals surface area contributed by atoms with Gasteiger partial charge >= 0.3 is 0 Å². The van der Waals surface area contributed by atoms with Crippen molar-refractivity contribution in [3.8, 4) is 45.0 Å². The van der Waals surface area contributed by atoms with Gasteiger partial charge in [-0.2, -0.15) is 0 Å². The van der Waals surface area contributed by atoms with E-state index in [4.69, 9.17) is 18.8 Å². The molecule has 10 aromatic rings. The van der Waals surface area contributed by atoms with E-state index in [0.29, 0.717) is 5.82 Å². The molecule has 48 heavy (non-hydrogen) atoms. The predicted octanol–water partition coefficient (Wildman–Crippen LogP) is 12.1. The van der Waals surface area contributed by atoms with Gasteiger partial charge in [0, 0.05) is 43.8 Å². The smallest absolute Gasteiger partial charge is 0.160 e. The van der Waals surface area contributed by atoms with Crippen LogP contribution in [0.25, 0.3) is 99.7 Å². The van der Waals surface area contributed by atoms with Crippen LogP contribution in [0.2, 0.25) is 0 Å². The van der Waals surface area contributed by atoms with Gasteiger partial charge in [0.05, 0.1) is 11.4 Å². The van der Waals surface area contributed by atoms with Crippen LogP contribution in [0, 0.1) is 0 Å². The summed E-state index contributed by atoms with van der Waals surface area (Å²) in [5.74, 6) is 0.658. The van der Waals surface area contributed by atoms with Crippen LogP contribution in [0.1, 0.15) is 0 Å². The van der Waals surface area contributed by atoms with E-state index < -0.39 is 0 Å². The Labute approximate surface area is 275 Å². The minimum absolute atomic E-state index is 0.658. The fourth-order valence-electron chi connectivity index (χ4n) is 7.03. The van der Waals surface area contributed by atoms with E-state index in [1.807, 2.05) is 42.5 Å². The molecule has 0 aliphatic rings. The van der Waals surface area contributed by atoms with E-state index in [2.05, 4.69) is 115 Å². The van der Waals surface area contributed by atoms with Crippen LogP contribution in [-0.4, -0.2) is 9.97 Å². The summed E-state index contributed by atoms with van der Waals surface area (Å²) < 4.78 is 13.0. The van der Waals surface area contributed by atoms with E-state index in [9.17, 15) is 0 Å². The third kappa shape index (κ3) is 4.16. The lowest BCUT2D eigenvalue weighted by atomic mass is 9.94. The quantitative estimate of drug-likeness (QED) is 0.198. The number of furan rings is 2. The molecule has 10 rings (SSSR count). The molecule has 0 fully saturated rings. The van der Waals surface area contributed by atoms with Gasteiger partial charge in [-0.3, -0.25) is 0 Å². The molecule has 0 saturated carbocycles. The zero-order chi connectivity index (χ0) is 31.6. The highest BCUT2D eigenvalue weighted by Gasteiger charge is 2.21. The SMILES string of the molecule is c1ccc(-c2nc(-c3ccc4c(c3)oc3ccccc34)cc(-c3ccc(-c4ccccc4)c4oc5ccc6ccccc6c5c34)n2)cc1. The molecule has 0 bridgehead atoms. The number of hydrogen-bond acceptors (Lipinski definition) is 4. The number of fused-ring (bicyclic) bond motifs is 8. The van der Waals surface area contributed by atoms with Crippen molar-refractivity contribution in [1.29, 1.82) is 0 Å². The van der Waals surface area contributed by atoms with E-state index >= 15 is 0 Å². The molecule has 224 valence electrons. The Morgan fingerprint density at radius 1 is 0.375 bits per heavy atom. The average Bonchev–Trinajstić information content (AvgIpc) is 3.74. The molecule has 0 aliphatic carbocycles. The van der Waals surface area contributed by atoms with Crippen molar-refractivity contribution < 1.29 is 8.83 Å². The first-order valence-electron chi connectivity index (χ1n) is 16.1. The van der Waals surface area contributed by atoms with Crippen molar-refractivity contribution in [2.75, 3.05) is 0 Å². The normalized spacial score (nSPS) is 11.8. The second-order valence-electron chi connectivity index (χ2n) is 12.1. The molecule has 3 heterocycles. The molecule has 0 saturated heterocycles. The Kier molecular flexibility index (Phi) is 5.84. The summed E-state index contributed by atoms with van der Waals surface area (Å²) in [6.07, 6.45) is 0. The third-order valence-electron chi connectivity index (χ3n) is 9.30. The Hall–Kier alpha value is -6.52. The fourth-order valence-corrected chi connectivity index (χ4v) is 7.03. The van der Waals surface area contributed by atoms with Gasteiger partial charge < -0.3 is 8.83 Å². The Morgan fingerprint density at radius 3 is 1.92 bits per heavy atom. The van der Waals surface area contributed by atoms with Gasteiger partial charge in [0.1, 0.15) is 22.3 Å². The second-order valence-corrected chi connectivity index (χ2v) is 12.1. The molecule has 4 nitrogen and oxygen atoms in total. The maximum atomic E-state index is 6.76. The van der Waals surface area contributed by atoms with Gasteiger partial charge in [-0.25, -0.2) is 9.97 Å². The fraction of sp³-hybridized carbons (Fsp3) is 0. The predicted molar refractivity (Wildman–Crippen MR) is 196 cm³/mol. The van der Waals surface area contributed by atoms with Crippen LogP contribution >= 0.6 is 0 Å². The molecule has 0 amide bonds. The molecule has 0 aliphatic heterocycles. The number of aromatic nitrogens is 2. The Bertz CT molecular complexity index is 2830. The molecular formula is C44H26N2O2. The highest BCUT2D eigenvalue weighted by Crippen LogP contribution is 2.44. The van der Waals surface area contributed by atoms with Gasteiger partial charge in [-0.05, 0) is 52.7 Å². The molecule has 3 aromatic heterocycles. The van der Waals surface area contributed by atoms with Gasteiger partial charge in [-0.1, -0.05) is 121 Å². The monoisotopic (exact) mass is 614 g/mol. The van der Waals surface area contributed by atoms with Crippen molar-refractivity contribution in [2.45, 2.75) is 0 Å². The molecule has 0 radical (unpaired) electrons. The Morgan fingerprint density at radius 2 is 1.06 bits per heavy atom. The maximum absolute atomic E-state index is 6.76. The minimum atomic E-state index is 0.658. The van der Waals surface area contributed by atoms with Crippen LogP contribution in [0.15, 0.2) is 167 Å². The molecule has 0 atom stereocenters. The van der Waals surface area contributed by atoms with E-state index in [-0.39, 0.29) is 0 Å². The third-order valence-corrected chi connectivity index (χ3v) is 9.30. The summed E-state index contributed by atoms with van der Waals surface area (Å²) in [7, 11) is 0. The first-order chi connectivity index (χ1) is 23.8. The summed E-state index contributed by atoms with van der Waals surface area (Å²) in [5.41, 5.74) is 10.1. The molecule has 0 unspecified atom stereocenters. The lowest BCUT2D eigenvalue weighted by Gasteiger charge is -2.12. The van der Waals surface area contributed by atoms with Gasteiger partial charge in [0.25, 0.3) is 0 Å². The summed E-state index contributed by atoms with van der Waals surface area (Å²) in [4.78, 5) is 10.4. The van der Waals surface area contributed by atoms with Crippen LogP contribution in [0.5, 0.6) is 0 Å². The number of nitrogens with zero attached hydrogens (tertiary/aromatic N) is 2. The lowest BCUT2D eigenvalue weighted by molar-refractivity contribution is 0.669. The largest absolute Gasteiger partial charge is 0.456 e.